The van der Waals surface area contributed by atoms with Crippen molar-refractivity contribution in [3.05, 3.63) is 53.1 Å². The number of nitrogens with one attached hydrogen (secondary N) is 1. The lowest BCUT2D eigenvalue weighted by molar-refractivity contribution is -0.137. The second kappa shape index (κ2) is 11.2. The molecule has 0 bridgehead atoms. The Bertz CT molecular complexity index is 1390. The molecule has 2 aromatic heterocycles. The number of halogens is 4. The van der Waals surface area contributed by atoms with Gasteiger partial charge in [0.05, 0.1) is 17.0 Å². The summed E-state index contributed by atoms with van der Waals surface area (Å²) in [6.07, 6.45) is 1.80. The van der Waals surface area contributed by atoms with Crippen LogP contribution >= 0.6 is 11.6 Å². The minimum Gasteiger partial charge on any atom is -0.351 e. The van der Waals surface area contributed by atoms with E-state index in [1.165, 1.54) is 16.8 Å². The molecule has 1 aliphatic rings. The van der Waals surface area contributed by atoms with Crippen molar-refractivity contribution in [3.63, 3.8) is 0 Å². The zero-order chi connectivity index (χ0) is 27.7. The fourth-order valence-electron chi connectivity index (χ4n) is 4.21. The van der Waals surface area contributed by atoms with Crippen LogP contribution in [0.25, 0.3) is 17.1 Å². The second-order valence-electron chi connectivity index (χ2n) is 9.54. The number of nitrogens with zero attached hydrogens (tertiary/aromatic N) is 6. The lowest BCUT2D eigenvalue weighted by Crippen LogP contribution is -2.42. The molecule has 38 heavy (non-hydrogen) atoms. The number of aromatic nitrogens is 4. The van der Waals surface area contributed by atoms with Gasteiger partial charge in [0.2, 0.25) is 16.0 Å². The lowest BCUT2D eigenvalue weighted by atomic mass is 10.1. The topological polar surface area (TPSA) is 96.3 Å². The highest BCUT2D eigenvalue weighted by molar-refractivity contribution is 7.88. The Balaban J connectivity index is 1.58. The molecule has 3 aromatic rings. The summed E-state index contributed by atoms with van der Waals surface area (Å²) >= 11 is 6.49. The molecule has 9 nitrogen and oxygen atoms in total. The first-order chi connectivity index (χ1) is 17.8. The van der Waals surface area contributed by atoms with Crippen LogP contribution in [0.3, 0.4) is 0 Å². The van der Waals surface area contributed by atoms with Crippen LogP contribution in [0.1, 0.15) is 24.0 Å². The highest BCUT2D eigenvalue weighted by Gasteiger charge is 2.36. The largest absolute Gasteiger partial charge is 0.420 e. The molecule has 0 saturated carbocycles. The number of likely N-dealkylation sites (N-methyl/N-ethyl adjacent to an activating group) is 1. The van der Waals surface area contributed by atoms with E-state index in [-0.39, 0.29) is 23.4 Å². The maximum Gasteiger partial charge on any atom is 0.420 e. The van der Waals surface area contributed by atoms with Gasteiger partial charge in [0.1, 0.15) is 23.3 Å². The molecule has 206 valence electrons. The van der Waals surface area contributed by atoms with Crippen LogP contribution in [0.15, 0.2) is 36.9 Å². The van der Waals surface area contributed by atoms with Crippen molar-refractivity contribution >= 4 is 27.6 Å². The molecule has 1 N–H and O–H groups in total. The van der Waals surface area contributed by atoms with Crippen LogP contribution in [-0.2, 0) is 22.6 Å². The number of hydrogen-bond acceptors (Lipinski definition) is 7. The van der Waals surface area contributed by atoms with E-state index in [1.54, 1.807) is 10.6 Å². The molecule has 0 spiro atoms. The van der Waals surface area contributed by atoms with Crippen molar-refractivity contribution in [3.8, 4) is 17.1 Å². The lowest BCUT2D eigenvalue weighted by Gasteiger charge is -2.30. The van der Waals surface area contributed by atoms with Crippen molar-refractivity contribution in [1.82, 2.24) is 28.7 Å². The van der Waals surface area contributed by atoms with Crippen LogP contribution in [-0.4, -0.2) is 83.2 Å². The van der Waals surface area contributed by atoms with E-state index in [1.807, 2.05) is 26.2 Å². The van der Waals surface area contributed by atoms with Gasteiger partial charge in [-0.15, -0.1) is 0 Å². The Kier molecular flexibility index (Phi) is 8.31. The standard InChI is InChI=1S/C24H29ClF3N7O2S/c1-33(2)9-6-16-4-5-21(19(25)12-16)34-14-20(30-15-34)22-18(24(26,27)28)13-29-23(32-22)31-17-7-10-35(11-8-17)38(3,36)37/h4-5,12-15,17H,6-11H2,1-3H3,(H,29,31,32). The van der Waals surface area contributed by atoms with Crippen LogP contribution in [0.4, 0.5) is 19.1 Å². The van der Waals surface area contributed by atoms with Crippen molar-refractivity contribution in [1.29, 1.82) is 0 Å². The Hall–Kier alpha value is -2.74. The van der Waals surface area contributed by atoms with E-state index >= 15 is 0 Å². The molecule has 0 amide bonds. The molecule has 1 aromatic carbocycles. The van der Waals surface area contributed by atoms with Crippen molar-refractivity contribution < 1.29 is 21.6 Å². The van der Waals surface area contributed by atoms with Crippen molar-refractivity contribution in [2.75, 3.05) is 45.3 Å². The molecule has 3 heterocycles. The minimum absolute atomic E-state index is 0.0161. The van der Waals surface area contributed by atoms with Crippen molar-refractivity contribution in [2.45, 2.75) is 31.5 Å². The Morgan fingerprint density at radius 1 is 1.18 bits per heavy atom. The number of hydrogen-bond donors (Lipinski definition) is 1. The summed E-state index contributed by atoms with van der Waals surface area (Å²) in [6.45, 7) is 1.47. The van der Waals surface area contributed by atoms with Gasteiger partial charge in [-0.2, -0.15) is 13.2 Å². The van der Waals surface area contributed by atoms with Gasteiger partial charge >= 0.3 is 6.18 Å². The predicted molar refractivity (Wildman–Crippen MR) is 140 cm³/mol. The Labute approximate surface area is 224 Å². The molecule has 4 rings (SSSR count). The number of benzene rings is 1. The zero-order valence-electron chi connectivity index (χ0n) is 21.2. The monoisotopic (exact) mass is 571 g/mol. The zero-order valence-corrected chi connectivity index (χ0v) is 22.8. The van der Waals surface area contributed by atoms with Crippen molar-refractivity contribution in [2.24, 2.45) is 0 Å². The third-order valence-corrected chi connectivity index (χ3v) is 7.92. The summed E-state index contributed by atoms with van der Waals surface area (Å²) < 4.78 is 67.9. The molecule has 0 aliphatic carbocycles. The van der Waals surface area contributed by atoms with E-state index in [0.717, 1.165) is 31.0 Å². The Morgan fingerprint density at radius 2 is 1.89 bits per heavy atom. The summed E-state index contributed by atoms with van der Waals surface area (Å²) in [7, 11) is 0.668. The molecule has 0 atom stereocenters. The van der Waals surface area contributed by atoms with Crippen LogP contribution in [0.5, 0.6) is 0 Å². The highest BCUT2D eigenvalue weighted by Crippen LogP contribution is 2.36. The molecule has 1 aliphatic heterocycles. The summed E-state index contributed by atoms with van der Waals surface area (Å²) in [5, 5.41) is 3.50. The number of alkyl halides is 3. The molecular weight excluding hydrogens is 543 g/mol. The summed E-state index contributed by atoms with van der Waals surface area (Å²) in [5.74, 6) is 0.0173. The van der Waals surface area contributed by atoms with Gasteiger partial charge in [-0.3, -0.25) is 0 Å². The van der Waals surface area contributed by atoms with E-state index in [9.17, 15) is 21.6 Å². The summed E-state index contributed by atoms with van der Waals surface area (Å²) in [4.78, 5) is 14.3. The first kappa shape index (κ1) is 28.3. The molecule has 0 radical (unpaired) electrons. The fourth-order valence-corrected chi connectivity index (χ4v) is 5.39. The van der Waals surface area contributed by atoms with Gasteiger partial charge in [0, 0.05) is 38.1 Å². The smallest absolute Gasteiger partial charge is 0.351 e. The molecular formula is C24H29ClF3N7O2S. The van der Waals surface area contributed by atoms with Gasteiger partial charge in [0.15, 0.2) is 0 Å². The third-order valence-electron chi connectivity index (χ3n) is 6.31. The molecule has 1 saturated heterocycles. The highest BCUT2D eigenvalue weighted by atomic mass is 35.5. The summed E-state index contributed by atoms with van der Waals surface area (Å²) in [5.41, 5.74) is 0.271. The second-order valence-corrected chi connectivity index (χ2v) is 11.9. The summed E-state index contributed by atoms with van der Waals surface area (Å²) in [6, 6.07) is 5.38. The molecule has 1 fully saturated rings. The average molecular weight is 572 g/mol. The number of rotatable bonds is 8. The minimum atomic E-state index is -4.69. The molecule has 14 heteroatoms. The Morgan fingerprint density at radius 3 is 2.50 bits per heavy atom. The van der Waals surface area contributed by atoms with Gasteiger partial charge in [-0.25, -0.2) is 27.7 Å². The first-order valence-corrected chi connectivity index (χ1v) is 14.2. The van der Waals surface area contributed by atoms with Crippen LogP contribution in [0.2, 0.25) is 5.02 Å². The number of piperidine rings is 1. The SMILES string of the molecule is CN(C)CCc1ccc(-n2cnc(-c3nc(NC4CCN(S(C)(=O)=O)CC4)ncc3C(F)(F)F)c2)c(Cl)c1. The number of imidazole rings is 1. The van der Waals surface area contributed by atoms with Crippen LogP contribution in [0, 0.1) is 0 Å². The predicted octanol–water partition coefficient (Wildman–Crippen LogP) is 3.94. The van der Waals surface area contributed by atoms with E-state index < -0.39 is 21.8 Å². The number of sulfonamides is 1. The normalized spacial score (nSPS) is 15.8. The maximum atomic E-state index is 13.8. The number of anilines is 1. The van der Waals surface area contributed by atoms with Gasteiger partial charge < -0.3 is 14.8 Å². The first-order valence-electron chi connectivity index (χ1n) is 11.9. The van der Waals surface area contributed by atoms with E-state index in [0.29, 0.717) is 36.6 Å². The fraction of sp³-hybridized carbons (Fsp3) is 0.458. The van der Waals surface area contributed by atoms with E-state index in [2.05, 4.69) is 25.2 Å². The molecule has 0 unspecified atom stereocenters. The average Bonchev–Trinajstić information content (AvgIpc) is 3.32. The quantitative estimate of drug-likeness (QED) is 0.437. The van der Waals surface area contributed by atoms with Crippen LogP contribution < -0.4 is 5.32 Å². The maximum absolute atomic E-state index is 13.8. The van der Waals surface area contributed by atoms with E-state index in [4.69, 9.17) is 11.6 Å². The third kappa shape index (κ3) is 6.82. The van der Waals surface area contributed by atoms with Gasteiger partial charge in [-0.1, -0.05) is 17.7 Å². The van der Waals surface area contributed by atoms with Gasteiger partial charge in [0.25, 0.3) is 0 Å². The van der Waals surface area contributed by atoms with Gasteiger partial charge in [-0.05, 0) is 51.1 Å².